The first-order valence-electron chi connectivity index (χ1n) is 6.18. The Labute approximate surface area is 121 Å². The van der Waals surface area contributed by atoms with Gasteiger partial charge < -0.3 is 9.67 Å². The van der Waals surface area contributed by atoms with Gasteiger partial charge in [-0.3, -0.25) is 4.90 Å². The number of carboxylic acids is 1. The van der Waals surface area contributed by atoms with Crippen LogP contribution >= 0.6 is 11.3 Å². The fourth-order valence-corrected chi connectivity index (χ4v) is 2.83. The maximum atomic E-state index is 10.6. The van der Waals surface area contributed by atoms with Crippen molar-refractivity contribution in [3.63, 3.8) is 0 Å². The van der Waals surface area contributed by atoms with Crippen LogP contribution < -0.4 is 0 Å². The maximum absolute atomic E-state index is 10.6. The largest absolute Gasteiger partial charge is 0.478 e. The lowest BCUT2D eigenvalue weighted by molar-refractivity contribution is -0.131. The summed E-state index contributed by atoms with van der Waals surface area (Å²) < 4.78 is 2.00. The minimum absolute atomic E-state index is 0.753. The third-order valence-electron chi connectivity index (χ3n) is 2.93. The number of aromatic nitrogens is 2. The molecule has 20 heavy (non-hydrogen) atoms. The smallest absolute Gasteiger partial charge is 0.328 e. The van der Waals surface area contributed by atoms with Crippen molar-refractivity contribution in [2.75, 3.05) is 7.05 Å². The van der Waals surface area contributed by atoms with Gasteiger partial charge in [0.1, 0.15) is 5.82 Å². The SMILES string of the molecule is CN(Cc1sccc1C=CC(=O)O)Cc1nccn1C. The highest BCUT2D eigenvalue weighted by atomic mass is 32.1. The van der Waals surface area contributed by atoms with Gasteiger partial charge in [-0.25, -0.2) is 9.78 Å². The van der Waals surface area contributed by atoms with Gasteiger partial charge in [0.2, 0.25) is 0 Å². The Morgan fingerprint density at radius 3 is 3.00 bits per heavy atom. The van der Waals surface area contributed by atoms with Gasteiger partial charge in [-0.15, -0.1) is 11.3 Å². The second-order valence-corrected chi connectivity index (χ2v) is 5.60. The zero-order valence-corrected chi connectivity index (χ0v) is 12.3. The van der Waals surface area contributed by atoms with Crippen LogP contribution in [-0.4, -0.2) is 32.6 Å². The molecule has 0 aliphatic heterocycles. The lowest BCUT2D eigenvalue weighted by Gasteiger charge is -2.16. The molecule has 0 aliphatic rings. The molecule has 2 rings (SSSR count). The predicted octanol–water partition coefficient (Wildman–Crippen LogP) is 2.21. The fraction of sp³-hybridized carbons (Fsp3) is 0.286. The summed E-state index contributed by atoms with van der Waals surface area (Å²) >= 11 is 1.63. The molecule has 2 aromatic heterocycles. The molecule has 0 aliphatic carbocycles. The zero-order chi connectivity index (χ0) is 14.5. The second-order valence-electron chi connectivity index (χ2n) is 4.60. The van der Waals surface area contributed by atoms with E-state index in [4.69, 9.17) is 5.11 Å². The predicted molar refractivity (Wildman–Crippen MR) is 79.4 cm³/mol. The Balaban J connectivity index is 2.01. The van der Waals surface area contributed by atoms with Gasteiger partial charge in [0.15, 0.2) is 0 Å². The first kappa shape index (κ1) is 14.5. The Morgan fingerprint density at radius 2 is 2.35 bits per heavy atom. The molecule has 0 spiro atoms. The average molecular weight is 291 g/mol. The number of hydrogen-bond acceptors (Lipinski definition) is 4. The number of rotatable bonds is 6. The molecule has 0 unspecified atom stereocenters. The van der Waals surface area contributed by atoms with Gasteiger partial charge in [-0.05, 0) is 30.1 Å². The number of carboxylic acid groups (broad SMARTS) is 1. The number of aliphatic carboxylic acids is 1. The molecule has 0 fully saturated rings. The van der Waals surface area contributed by atoms with E-state index in [-0.39, 0.29) is 0 Å². The maximum Gasteiger partial charge on any atom is 0.328 e. The number of imidazole rings is 1. The van der Waals surface area contributed by atoms with E-state index in [1.807, 2.05) is 36.3 Å². The highest BCUT2D eigenvalue weighted by Crippen LogP contribution is 2.20. The van der Waals surface area contributed by atoms with Crippen molar-refractivity contribution in [1.29, 1.82) is 0 Å². The van der Waals surface area contributed by atoms with Crippen LogP contribution in [0, 0.1) is 0 Å². The molecule has 2 heterocycles. The molecular weight excluding hydrogens is 274 g/mol. The zero-order valence-electron chi connectivity index (χ0n) is 11.5. The minimum atomic E-state index is -0.927. The van der Waals surface area contributed by atoms with Gasteiger partial charge in [0.25, 0.3) is 0 Å². The summed E-state index contributed by atoms with van der Waals surface area (Å²) in [5.41, 5.74) is 0.962. The molecule has 0 bridgehead atoms. The van der Waals surface area contributed by atoms with Crippen LogP contribution in [-0.2, 0) is 24.9 Å². The number of nitrogens with zero attached hydrogens (tertiary/aromatic N) is 3. The fourth-order valence-electron chi connectivity index (χ4n) is 1.88. The summed E-state index contributed by atoms with van der Waals surface area (Å²) in [5.74, 6) is 0.0789. The van der Waals surface area contributed by atoms with E-state index >= 15 is 0 Å². The summed E-state index contributed by atoms with van der Waals surface area (Å²) in [6.07, 6.45) is 6.53. The molecule has 0 aromatic carbocycles. The molecule has 0 atom stereocenters. The monoisotopic (exact) mass is 291 g/mol. The molecule has 0 amide bonds. The summed E-state index contributed by atoms with van der Waals surface area (Å²) in [6, 6.07) is 1.94. The average Bonchev–Trinajstić information content (AvgIpc) is 2.97. The molecule has 5 nitrogen and oxygen atoms in total. The molecule has 1 N–H and O–H groups in total. The van der Waals surface area contributed by atoms with Crippen LogP contribution in [0.4, 0.5) is 0 Å². The van der Waals surface area contributed by atoms with E-state index in [1.54, 1.807) is 23.6 Å². The quantitative estimate of drug-likeness (QED) is 0.829. The number of thiophene rings is 1. The highest BCUT2D eigenvalue weighted by Gasteiger charge is 2.08. The Bertz CT molecular complexity index is 615. The van der Waals surface area contributed by atoms with Crippen LogP contribution in [0.5, 0.6) is 0 Å². The van der Waals surface area contributed by atoms with E-state index in [0.717, 1.165) is 29.4 Å². The van der Waals surface area contributed by atoms with E-state index in [0.29, 0.717) is 0 Å². The molecule has 0 saturated heterocycles. The molecule has 0 saturated carbocycles. The first-order chi connectivity index (χ1) is 9.56. The highest BCUT2D eigenvalue weighted by molar-refractivity contribution is 7.10. The molecular formula is C14H17N3O2S. The third-order valence-corrected chi connectivity index (χ3v) is 3.85. The molecule has 6 heteroatoms. The van der Waals surface area contributed by atoms with Crippen LogP contribution in [0.3, 0.4) is 0 Å². The van der Waals surface area contributed by atoms with Gasteiger partial charge in [-0.1, -0.05) is 0 Å². The van der Waals surface area contributed by atoms with Crippen molar-refractivity contribution >= 4 is 23.4 Å². The Morgan fingerprint density at radius 1 is 1.55 bits per heavy atom. The van der Waals surface area contributed by atoms with E-state index < -0.39 is 5.97 Å². The van der Waals surface area contributed by atoms with Crippen molar-refractivity contribution in [3.8, 4) is 0 Å². The van der Waals surface area contributed by atoms with Crippen molar-refractivity contribution in [1.82, 2.24) is 14.5 Å². The summed E-state index contributed by atoms with van der Waals surface area (Å²) in [4.78, 5) is 18.2. The molecule has 0 radical (unpaired) electrons. The summed E-state index contributed by atoms with van der Waals surface area (Å²) in [6.45, 7) is 1.52. The van der Waals surface area contributed by atoms with Crippen molar-refractivity contribution in [3.05, 3.63) is 46.2 Å². The van der Waals surface area contributed by atoms with Gasteiger partial charge >= 0.3 is 5.97 Å². The normalized spacial score (nSPS) is 11.6. The number of hydrogen-bond donors (Lipinski definition) is 1. The number of aryl methyl sites for hydroxylation is 1. The van der Waals surface area contributed by atoms with Crippen LogP contribution in [0.1, 0.15) is 16.3 Å². The Hall–Kier alpha value is -1.92. The standard InChI is InChI=1S/C14H17N3O2S/c1-16(10-13-15-6-7-17(13)2)9-12-11(5-8-20-12)3-4-14(18)19/h3-8H,9-10H2,1-2H3,(H,18,19). The first-order valence-corrected chi connectivity index (χ1v) is 7.06. The van der Waals surface area contributed by atoms with Crippen molar-refractivity contribution in [2.45, 2.75) is 13.1 Å². The van der Waals surface area contributed by atoms with Crippen molar-refractivity contribution in [2.24, 2.45) is 7.05 Å². The van der Waals surface area contributed by atoms with Gasteiger partial charge in [0, 0.05) is 36.9 Å². The summed E-state index contributed by atoms with van der Waals surface area (Å²) in [5, 5.41) is 10.7. The van der Waals surface area contributed by atoms with Gasteiger partial charge in [-0.2, -0.15) is 0 Å². The van der Waals surface area contributed by atoms with Crippen molar-refractivity contribution < 1.29 is 9.90 Å². The van der Waals surface area contributed by atoms with Gasteiger partial charge in [0.05, 0.1) is 6.54 Å². The second kappa shape index (κ2) is 6.49. The van der Waals surface area contributed by atoms with Crippen LogP contribution in [0.25, 0.3) is 6.08 Å². The topological polar surface area (TPSA) is 58.4 Å². The Kier molecular flexibility index (Phi) is 4.70. The minimum Gasteiger partial charge on any atom is -0.478 e. The number of carbonyl (C=O) groups is 1. The third kappa shape index (κ3) is 3.79. The summed E-state index contributed by atoms with van der Waals surface area (Å²) in [7, 11) is 4.00. The van der Waals surface area contributed by atoms with Crippen LogP contribution in [0.15, 0.2) is 29.9 Å². The van der Waals surface area contributed by atoms with E-state index in [1.165, 1.54) is 6.08 Å². The molecule has 106 valence electrons. The lowest BCUT2D eigenvalue weighted by atomic mass is 10.2. The van der Waals surface area contributed by atoms with E-state index in [2.05, 4.69) is 9.88 Å². The van der Waals surface area contributed by atoms with Crippen LogP contribution in [0.2, 0.25) is 0 Å². The molecule has 2 aromatic rings. The lowest BCUT2D eigenvalue weighted by Crippen LogP contribution is -2.19. The van der Waals surface area contributed by atoms with E-state index in [9.17, 15) is 4.79 Å².